The number of carbonyl (C=O) groups excluding carboxylic acids is 1. The minimum atomic E-state index is -3.90. The van der Waals surface area contributed by atoms with E-state index in [4.69, 9.17) is 16.3 Å². The van der Waals surface area contributed by atoms with Crippen molar-refractivity contribution in [3.8, 4) is 0 Å². The number of ether oxygens (including phenoxy) is 1. The SMILES string of the molecule is O=C(Nc1cccc2cccnc12)c1ccc(Cl)c(S(=O)(=O)NCC2CCCO2)c1. The molecule has 2 heterocycles. The fourth-order valence-electron chi connectivity index (χ4n) is 3.34. The zero-order chi connectivity index (χ0) is 21.1. The number of fused-ring (bicyclic) bond motifs is 1. The molecule has 9 heteroatoms. The Hall–Kier alpha value is -2.52. The van der Waals surface area contributed by atoms with E-state index in [1.807, 2.05) is 24.3 Å². The molecule has 1 unspecified atom stereocenters. The van der Waals surface area contributed by atoms with Crippen molar-refractivity contribution in [3.05, 3.63) is 65.3 Å². The van der Waals surface area contributed by atoms with Crippen molar-refractivity contribution in [1.82, 2.24) is 9.71 Å². The molecule has 4 rings (SSSR count). The molecule has 7 nitrogen and oxygen atoms in total. The van der Waals surface area contributed by atoms with E-state index in [1.54, 1.807) is 12.3 Å². The first-order valence-electron chi connectivity index (χ1n) is 9.50. The van der Waals surface area contributed by atoms with Gasteiger partial charge in [0.15, 0.2) is 0 Å². The number of pyridine rings is 1. The van der Waals surface area contributed by atoms with Crippen LogP contribution in [-0.4, -0.2) is 38.6 Å². The van der Waals surface area contributed by atoms with E-state index >= 15 is 0 Å². The van der Waals surface area contributed by atoms with Gasteiger partial charge in [-0.2, -0.15) is 0 Å². The number of rotatable bonds is 6. The van der Waals surface area contributed by atoms with Gasteiger partial charge >= 0.3 is 0 Å². The summed E-state index contributed by atoms with van der Waals surface area (Å²) >= 11 is 6.13. The number of para-hydroxylation sites is 1. The lowest BCUT2D eigenvalue weighted by atomic mass is 10.1. The van der Waals surface area contributed by atoms with Crippen molar-refractivity contribution in [3.63, 3.8) is 0 Å². The molecular weight excluding hydrogens is 426 g/mol. The van der Waals surface area contributed by atoms with Crippen LogP contribution in [0.4, 0.5) is 5.69 Å². The van der Waals surface area contributed by atoms with Gasteiger partial charge < -0.3 is 10.1 Å². The number of carbonyl (C=O) groups is 1. The number of hydrogen-bond acceptors (Lipinski definition) is 5. The number of halogens is 1. The summed E-state index contributed by atoms with van der Waals surface area (Å²) in [6.45, 7) is 0.794. The fraction of sp³-hybridized carbons (Fsp3) is 0.238. The molecule has 0 bridgehead atoms. The van der Waals surface area contributed by atoms with Crippen LogP contribution in [0.5, 0.6) is 0 Å². The predicted octanol–water partition coefficient (Wildman–Crippen LogP) is 3.60. The van der Waals surface area contributed by atoms with Crippen molar-refractivity contribution in [2.45, 2.75) is 23.8 Å². The summed E-state index contributed by atoms with van der Waals surface area (Å²) < 4.78 is 33.4. The van der Waals surface area contributed by atoms with E-state index in [0.717, 1.165) is 18.2 Å². The van der Waals surface area contributed by atoms with E-state index in [2.05, 4.69) is 15.0 Å². The Labute approximate surface area is 179 Å². The molecule has 1 aromatic heterocycles. The zero-order valence-electron chi connectivity index (χ0n) is 16.0. The maximum atomic E-state index is 12.8. The third-order valence-corrected chi connectivity index (χ3v) is 6.79. The minimum absolute atomic E-state index is 0.0400. The molecule has 1 aliphatic rings. The van der Waals surface area contributed by atoms with E-state index in [9.17, 15) is 13.2 Å². The number of nitrogens with zero attached hydrogens (tertiary/aromatic N) is 1. The Morgan fingerprint density at radius 3 is 2.83 bits per heavy atom. The predicted molar refractivity (Wildman–Crippen MR) is 115 cm³/mol. The van der Waals surface area contributed by atoms with Gasteiger partial charge in [0.2, 0.25) is 10.0 Å². The Morgan fingerprint density at radius 1 is 1.20 bits per heavy atom. The number of hydrogen-bond donors (Lipinski definition) is 2. The lowest BCUT2D eigenvalue weighted by Gasteiger charge is -2.13. The topological polar surface area (TPSA) is 97.4 Å². The molecule has 1 atom stereocenters. The summed E-state index contributed by atoms with van der Waals surface area (Å²) in [5.41, 5.74) is 1.35. The molecule has 1 aliphatic heterocycles. The van der Waals surface area contributed by atoms with Crippen LogP contribution in [0.3, 0.4) is 0 Å². The maximum absolute atomic E-state index is 12.8. The lowest BCUT2D eigenvalue weighted by Crippen LogP contribution is -2.32. The molecule has 0 saturated carbocycles. The Morgan fingerprint density at radius 2 is 2.03 bits per heavy atom. The summed E-state index contributed by atoms with van der Waals surface area (Å²) in [7, 11) is -3.90. The van der Waals surface area contributed by atoms with Gasteiger partial charge in [0.1, 0.15) is 4.90 Å². The van der Waals surface area contributed by atoms with E-state index in [0.29, 0.717) is 17.8 Å². The van der Waals surface area contributed by atoms with Crippen molar-refractivity contribution < 1.29 is 17.9 Å². The first-order chi connectivity index (χ1) is 14.4. The van der Waals surface area contributed by atoms with Gasteiger partial charge in [-0.1, -0.05) is 29.8 Å². The average molecular weight is 446 g/mol. The van der Waals surface area contributed by atoms with Gasteiger partial charge in [0.25, 0.3) is 5.91 Å². The van der Waals surface area contributed by atoms with Crippen LogP contribution in [0.2, 0.25) is 5.02 Å². The van der Waals surface area contributed by atoms with Gasteiger partial charge in [0, 0.05) is 30.3 Å². The highest BCUT2D eigenvalue weighted by Crippen LogP contribution is 2.25. The number of anilines is 1. The van der Waals surface area contributed by atoms with Crippen LogP contribution in [0.1, 0.15) is 23.2 Å². The van der Waals surface area contributed by atoms with Crippen molar-refractivity contribution in [2.24, 2.45) is 0 Å². The van der Waals surface area contributed by atoms with Gasteiger partial charge in [0.05, 0.1) is 22.3 Å². The lowest BCUT2D eigenvalue weighted by molar-refractivity contribution is 0.102. The molecule has 0 aliphatic carbocycles. The molecule has 1 fully saturated rings. The van der Waals surface area contributed by atoms with Crippen molar-refractivity contribution >= 4 is 44.1 Å². The van der Waals surface area contributed by atoms with Gasteiger partial charge in [-0.15, -0.1) is 0 Å². The van der Waals surface area contributed by atoms with Crippen LogP contribution >= 0.6 is 11.6 Å². The van der Waals surface area contributed by atoms with Crippen molar-refractivity contribution in [2.75, 3.05) is 18.5 Å². The third kappa shape index (κ3) is 4.46. The maximum Gasteiger partial charge on any atom is 0.255 e. The molecule has 2 N–H and O–H groups in total. The molecule has 30 heavy (non-hydrogen) atoms. The summed E-state index contributed by atoms with van der Waals surface area (Å²) in [6, 6.07) is 13.3. The Kier molecular flexibility index (Phi) is 6.01. The van der Waals surface area contributed by atoms with Gasteiger partial charge in [-0.3, -0.25) is 9.78 Å². The number of aromatic nitrogens is 1. The highest BCUT2D eigenvalue weighted by Gasteiger charge is 2.23. The molecular formula is C21H20ClN3O4S. The molecule has 0 spiro atoms. The summed E-state index contributed by atoms with van der Waals surface area (Å²) in [4.78, 5) is 17.0. The molecule has 2 aromatic carbocycles. The number of amides is 1. The normalized spacial score (nSPS) is 16.6. The Bertz CT molecular complexity index is 1190. The van der Waals surface area contributed by atoms with Gasteiger partial charge in [-0.25, -0.2) is 13.1 Å². The highest BCUT2D eigenvalue weighted by molar-refractivity contribution is 7.89. The Balaban J connectivity index is 1.56. The molecule has 1 amide bonds. The molecule has 156 valence electrons. The first-order valence-corrected chi connectivity index (χ1v) is 11.4. The summed E-state index contributed by atoms with van der Waals surface area (Å²) in [6.07, 6.45) is 3.21. The van der Waals surface area contributed by atoms with E-state index in [1.165, 1.54) is 18.2 Å². The second-order valence-corrected chi connectivity index (χ2v) is 9.11. The largest absolute Gasteiger partial charge is 0.377 e. The van der Waals surface area contributed by atoms with E-state index in [-0.39, 0.29) is 28.1 Å². The van der Waals surface area contributed by atoms with Crippen LogP contribution in [0.15, 0.2) is 59.6 Å². The van der Waals surface area contributed by atoms with E-state index < -0.39 is 15.9 Å². The van der Waals surface area contributed by atoms with Crippen molar-refractivity contribution in [1.29, 1.82) is 0 Å². The van der Waals surface area contributed by atoms with Crippen LogP contribution in [0, 0.1) is 0 Å². The second-order valence-electron chi connectivity index (χ2n) is 6.97. The summed E-state index contributed by atoms with van der Waals surface area (Å²) in [5, 5.41) is 3.72. The standard InChI is InChI=1S/C21H20ClN3O4S/c22-17-9-8-15(12-19(17)30(27,28)24-13-16-6-3-11-29-16)21(26)25-18-7-1-4-14-5-2-10-23-20(14)18/h1-2,4-5,7-10,12,16,24H,3,6,11,13H2,(H,25,26). The van der Waals surface area contributed by atoms with Crippen LogP contribution < -0.4 is 10.0 Å². The molecule has 3 aromatic rings. The second kappa shape index (κ2) is 8.69. The smallest absolute Gasteiger partial charge is 0.255 e. The monoisotopic (exact) mass is 445 g/mol. The molecule has 1 saturated heterocycles. The number of benzene rings is 2. The molecule has 0 radical (unpaired) electrons. The highest BCUT2D eigenvalue weighted by atomic mass is 35.5. The summed E-state index contributed by atoms with van der Waals surface area (Å²) in [5.74, 6) is -0.458. The number of sulfonamides is 1. The zero-order valence-corrected chi connectivity index (χ0v) is 17.5. The third-order valence-electron chi connectivity index (χ3n) is 4.89. The quantitative estimate of drug-likeness (QED) is 0.604. The average Bonchev–Trinajstić information content (AvgIpc) is 3.26. The minimum Gasteiger partial charge on any atom is -0.377 e. The van der Waals surface area contributed by atoms with Crippen LogP contribution in [-0.2, 0) is 14.8 Å². The van der Waals surface area contributed by atoms with Gasteiger partial charge in [-0.05, 0) is 43.2 Å². The van der Waals surface area contributed by atoms with Crippen LogP contribution in [0.25, 0.3) is 10.9 Å². The number of nitrogens with one attached hydrogen (secondary N) is 2. The first kappa shape index (κ1) is 20.7. The fourth-order valence-corrected chi connectivity index (χ4v) is 4.93.